The molecule has 4 rings (SSSR count). The van der Waals surface area contributed by atoms with Gasteiger partial charge in [-0.15, -0.1) is 0 Å². The maximum atomic E-state index is 13.4. The van der Waals surface area contributed by atoms with E-state index in [1.54, 1.807) is 17.0 Å². The van der Waals surface area contributed by atoms with Gasteiger partial charge in [0.05, 0.1) is 18.8 Å². The van der Waals surface area contributed by atoms with Crippen molar-refractivity contribution in [3.8, 4) is 0 Å². The van der Waals surface area contributed by atoms with Crippen LogP contribution in [-0.2, 0) is 20.1 Å². The van der Waals surface area contributed by atoms with Crippen LogP contribution < -0.4 is 9.80 Å². The molecule has 0 atom stereocenters. The van der Waals surface area contributed by atoms with Gasteiger partial charge < -0.3 is 19.5 Å². The highest BCUT2D eigenvalue weighted by atomic mass is 16.7. The maximum Gasteiger partial charge on any atom is 0.296 e. The molecular formula is C19H26N3O6+. The van der Waals surface area contributed by atoms with E-state index in [4.69, 9.17) is 9.47 Å². The summed E-state index contributed by atoms with van der Waals surface area (Å²) in [5.41, 5.74) is -0.460. The number of quaternary nitrogens is 1. The number of fused-ring (bicyclic) bond motifs is 2. The van der Waals surface area contributed by atoms with Crippen molar-refractivity contribution in [3.05, 3.63) is 39.9 Å². The standard InChI is InChI=1S/C19H25N3O6/c1-14-6-8-20(9-7-14)13-21-16-5-3-2-4-15(16)19(17(21)24)27-11-18(10-23,12-28-19)22(25)26/h2-5,14,23H,6-13H2,1H3/p+1. The minimum absolute atomic E-state index is 0.352. The lowest BCUT2D eigenvalue weighted by Crippen LogP contribution is -3.14. The van der Waals surface area contributed by atoms with Gasteiger partial charge in [-0.25, -0.2) is 0 Å². The normalized spacial score (nSPS) is 35.2. The van der Waals surface area contributed by atoms with Crippen LogP contribution in [0.4, 0.5) is 5.69 Å². The number of hydrogen-bond donors (Lipinski definition) is 2. The summed E-state index contributed by atoms with van der Waals surface area (Å²) in [6.45, 7) is 3.25. The summed E-state index contributed by atoms with van der Waals surface area (Å²) in [4.78, 5) is 27.2. The van der Waals surface area contributed by atoms with Crippen LogP contribution in [0.3, 0.4) is 0 Å². The topological polar surface area (TPSA) is 107 Å². The van der Waals surface area contributed by atoms with E-state index in [2.05, 4.69) is 6.92 Å². The minimum Gasteiger partial charge on any atom is -0.389 e. The third-order valence-electron chi connectivity index (χ3n) is 6.21. The second-order valence-corrected chi connectivity index (χ2v) is 8.17. The van der Waals surface area contributed by atoms with E-state index in [1.165, 1.54) is 4.90 Å². The fourth-order valence-corrected chi connectivity index (χ4v) is 4.19. The van der Waals surface area contributed by atoms with Crippen LogP contribution in [0.25, 0.3) is 0 Å². The molecule has 9 heteroatoms. The van der Waals surface area contributed by atoms with Crippen molar-refractivity contribution < 1.29 is 29.2 Å². The molecule has 1 aromatic carbocycles. The van der Waals surface area contributed by atoms with E-state index in [9.17, 15) is 20.0 Å². The predicted octanol–water partition coefficient (Wildman–Crippen LogP) is -0.487. The van der Waals surface area contributed by atoms with Crippen molar-refractivity contribution in [2.24, 2.45) is 5.92 Å². The van der Waals surface area contributed by atoms with Crippen molar-refractivity contribution in [2.75, 3.05) is 44.5 Å². The van der Waals surface area contributed by atoms with Gasteiger partial charge >= 0.3 is 0 Å². The molecule has 1 amide bonds. The van der Waals surface area contributed by atoms with Crippen molar-refractivity contribution in [2.45, 2.75) is 31.1 Å². The predicted molar refractivity (Wildman–Crippen MR) is 98.3 cm³/mol. The minimum atomic E-state index is -1.75. The summed E-state index contributed by atoms with van der Waals surface area (Å²) in [5.74, 6) is -1.32. The number of nitro groups is 1. The first-order chi connectivity index (χ1) is 13.4. The van der Waals surface area contributed by atoms with Gasteiger partial charge in [-0.2, -0.15) is 0 Å². The molecular weight excluding hydrogens is 366 g/mol. The van der Waals surface area contributed by atoms with Crippen molar-refractivity contribution >= 4 is 11.6 Å². The molecule has 28 heavy (non-hydrogen) atoms. The van der Waals surface area contributed by atoms with Crippen LogP contribution >= 0.6 is 0 Å². The lowest BCUT2D eigenvalue weighted by atomic mass is 10.00. The zero-order valence-corrected chi connectivity index (χ0v) is 15.9. The lowest BCUT2D eigenvalue weighted by Gasteiger charge is -2.38. The molecule has 3 aliphatic rings. The average molecular weight is 392 g/mol. The van der Waals surface area contributed by atoms with E-state index in [0.717, 1.165) is 31.6 Å². The van der Waals surface area contributed by atoms with Gasteiger partial charge in [-0.05, 0) is 24.8 Å². The van der Waals surface area contributed by atoms with Crippen LogP contribution in [0.1, 0.15) is 25.3 Å². The Kier molecular flexibility index (Phi) is 4.86. The van der Waals surface area contributed by atoms with Crippen LogP contribution in [-0.4, -0.2) is 61.1 Å². The molecule has 0 aromatic heterocycles. The van der Waals surface area contributed by atoms with E-state index in [1.807, 2.05) is 12.1 Å². The van der Waals surface area contributed by atoms with Gasteiger partial charge in [0.15, 0.2) is 6.67 Å². The number of piperidine rings is 1. The number of nitrogens with one attached hydrogen (secondary N) is 1. The largest absolute Gasteiger partial charge is 0.389 e. The molecule has 1 spiro atoms. The van der Waals surface area contributed by atoms with Gasteiger partial charge in [0.1, 0.15) is 19.8 Å². The molecule has 3 aliphatic heterocycles. The fraction of sp³-hybridized carbons (Fsp3) is 0.632. The molecule has 1 aromatic rings. The number of amides is 1. The maximum absolute atomic E-state index is 13.4. The molecule has 2 fully saturated rings. The first kappa shape index (κ1) is 19.3. The molecule has 0 saturated carbocycles. The van der Waals surface area contributed by atoms with E-state index >= 15 is 0 Å². The Balaban J connectivity index is 1.60. The Morgan fingerprint density at radius 1 is 1.29 bits per heavy atom. The molecule has 0 bridgehead atoms. The van der Waals surface area contributed by atoms with Crippen molar-refractivity contribution in [3.63, 3.8) is 0 Å². The Hall–Kier alpha value is -2.07. The Morgan fingerprint density at radius 2 is 1.93 bits per heavy atom. The summed E-state index contributed by atoms with van der Waals surface area (Å²) in [6.07, 6.45) is 2.25. The summed E-state index contributed by atoms with van der Waals surface area (Å²) < 4.78 is 11.5. The molecule has 2 saturated heterocycles. The summed E-state index contributed by atoms with van der Waals surface area (Å²) in [7, 11) is 0. The number of aliphatic hydroxyl groups excluding tert-OH is 1. The number of hydrogen-bond acceptors (Lipinski definition) is 6. The smallest absolute Gasteiger partial charge is 0.296 e. The highest BCUT2D eigenvalue weighted by Gasteiger charge is 2.62. The van der Waals surface area contributed by atoms with E-state index < -0.39 is 36.1 Å². The van der Waals surface area contributed by atoms with Crippen molar-refractivity contribution in [1.82, 2.24) is 0 Å². The third-order valence-corrected chi connectivity index (χ3v) is 6.21. The number of aliphatic hydroxyl groups is 1. The Morgan fingerprint density at radius 3 is 2.54 bits per heavy atom. The average Bonchev–Trinajstić information content (AvgIpc) is 2.93. The van der Waals surface area contributed by atoms with Crippen molar-refractivity contribution in [1.29, 1.82) is 0 Å². The monoisotopic (exact) mass is 392 g/mol. The number of rotatable bonds is 4. The summed E-state index contributed by atoms with van der Waals surface area (Å²) >= 11 is 0. The van der Waals surface area contributed by atoms with Crippen LogP contribution in [0.2, 0.25) is 0 Å². The Labute approximate surface area is 163 Å². The molecule has 9 nitrogen and oxygen atoms in total. The fourth-order valence-electron chi connectivity index (χ4n) is 4.19. The second-order valence-electron chi connectivity index (χ2n) is 8.17. The van der Waals surface area contributed by atoms with Gasteiger partial charge in [0.25, 0.3) is 17.2 Å². The second kappa shape index (κ2) is 7.07. The van der Waals surface area contributed by atoms with E-state index in [-0.39, 0.29) is 5.91 Å². The highest BCUT2D eigenvalue weighted by molar-refractivity contribution is 6.05. The number of para-hydroxylation sites is 1. The highest BCUT2D eigenvalue weighted by Crippen LogP contribution is 2.46. The third kappa shape index (κ3) is 2.89. The van der Waals surface area contributed by atoms with Crippen LogP contribution in [0.15, 0.2) is 24.3 Å². The number of nitrogens with zero attached hydrogens (tertiary/aromatic N) is 2. The number of benzene rings is 1. The van der Waals surface area contributed by atoms with Gasteiger partial charge in [0.2, 0.25) is 0 Å². The number of carbonyl (C=O) groups is 1. The van der Waals surface area contributed by atoms with Gasteiger partial charge in [-0.3, -0.25) is 19.8 Å². The number of ether oxygens (including phenoxy) is 2. The lowest BCUT2D eigenvalue weighted by molar-refractivity contribution is -0.904. The molecule has 152 valence electrons. The zero-order valence-electron chi connectivity index (χ0n) is 15.9. The number of carbonyl (C=O) groups excluding carboxylic acids is 1. The molecule has 2 N–H and O–H groups in total. The first-order valence-electron chi connectivity index (χ1n) is 9.70. The molecule has 0 unspecified atom stereocenters. The number of anilines is 1. The zero-order chi connectivity index (χ0) is 19.9. The quantitative estimate of drug-likeness (QED) is 0.529. The molecule has 0 aliphatic carbocycles. The SMILES string of the molecule is CC1CC[NH+](CN2C(=O)C3(OCC(CO)([N+](=O)[O-])CO3)c3ccccc32)CC1. The molecule has 3 heterocycles. The van der Waals surface area contributed by atoms with Gasteiger partial charge in [-0.1, -0.05) is 25.1 Å². The van der Waals surface area contributed by atoms with Crippen LogP contribution in [0, 0.1) is 16.0 Å². The summed E-state index contributed by atoms with van der Waals surface area (Å²) in [5, 5.41) is 20.9. The summed E-state index contributed by atoms with van der Waals surface area (Å²) in [6, 6.07) is 7.26. The van der Waals surface area contributed by atoms with Crippen LogP contribution in [0.5, 0.6) is 0 Å². The van der Waals surface area contributed by atoms with Gasteiger partial charge in [0, 0.05) is 10.5 Å². The number of likely N-dealkylation sites (tertiary alicyclic amines) is 1. The Bertz CT molecular complexity index is 769. The molecule has 0 radical (unpaired) electrons. The first-order valence-corrected chi connectivity index (χ1v) is 9.70. The van der Waals surface area contributed by atoms with E-state index in [0.29, 0.717) is 18.2 Å².